The zero-order valence-electron chi connectivity index (χ0n) is 9.21. The summed E-state index contributed by atoms with van der Waals surface area (Å²) in [5, 5.41) is 28.1. The molecule has 18 heavy (non-hydrogen) atoms. The highest BCUT2D eigenvalue weighted by atomic mass is 35.5. The van der Waals surface area contributed by atoms with E-state index in [-0.39, 0.29) is 16.1 Å². The Kier molecular flexibility index (Phi) is 4.66. The molecule has 0 fully saturated rings. The first-order valence-electron chi connectivity index (χ1n) is 5.00. The average molecular weight is 274 g/mol. The van der Waals surface area contributed by atoms with Crippen LogP contribution in [0, 0.1) is 0 Å². The summed E-state index contributed by atoms with van der Waals surface area (Å²) < 4.78 is 0. The fourth-order valence-corrected chi connectivity index (χ4v) is 1.63. The van der Waals surface area contributed by atoms with Gasteiger partial charge in [-0.25, -0.2) is 4.79 Å². The molecule has 7 heteroatoms. The molecule has 98 valence electrons. The van der Waals surface area contributed by atoms with Gasteiger partial charge < -0.3 is 21.1 Å². The molecule has 2 unspecified atom stereocenters. The lowest BCUT2D eigenvalue weighted by Crippen LogP contribution is -2.25. The molecule has 0 heterocycles. The first-order chi connectivity index (χ1) is 8.32. The smallest absolute Gasteiger partial charge is 0.337 e. The Morgan fingerprint density at radius 1 is 1.33 bits per heavy atom. The van der Waals surface area contributed by atoms with Gasteiger partial charge in [-0.15, -0.1) is 0 Å². The van der Waals surface area contributed by atoms with Gasteiger partial charge in [-0.05, 0) is 17.7 Å². The number of benzene rings is 1. The third kappa shape index (κ3) is 3.43. The van der Waals surface area contributed by atoms with Crippen molar-refractivity contribution in [3.05, 3.63) is 34.3 Å². The molecule has 0 aliphatic rings. The second kappa shape index (κ2) is 5.81. The number of aliphatic hydroxyl groups is 2. The molecule has 1 aromatic rings. The van der Waals surface area contributed by atoms with E-state index in [1.807, 2.05) is 0 Å². The maximum Gasteiger partial charge on any atom is 0.337 e. The molecule has 0 aliphatic heterocycles. The molecule has 0 radical (unpaired) electrons. The van der Waals surface area contributed by atoms with E-state index in [9.17, 15) is 19.8 Å². The summed E-state index contributed by atoms with van der Waals surface area (Å²) in [6, 6.07) is 3.80. The van der Waals surface area contributed by atoms with Crippen molar-refractivity contribution in [1.82, 2.24) is 0 Å². The second-order valence-corrected chi connectivity index (χ2v) is 4.13. The number of primary amides is 1. The molecule has 1 rings (SSSR count). The molecule has 0 aromatic heterocycles. The molecular weight excluding hydrogens is 262 g/mol. The number of hydrogen-bond acceptors (Lipinski definition) is 4. The van der Waals surface area contributed by atoms with Crippen LogP contribution in [0.5, 0.6) is 0 Å². The standard InChI is InChI=1S/C11H12ClNO5/c12-7-2-1-5(3-6(7)11(17)18)10(16)8(14)4-9(13)15/h1-3,8,10,14,16H,4H2,(H2,13,15)(H,17,18). The largest absolute Gasteiger partial charge is 0.478 e. The Balaban J connectivity index is 2.99. The van der Waals surface area contributed by atoms with Gasteiger partial charge >= 0.3 is 5.97 Å². The Morgan fingerprint density at radius 2 is 1.94 bits per heavy atom. The fourth-order valence-electron chi connectivity index (χ4n) is 1.43. The van der Waals surface area contributed by atoms with Crippen molar-refractivity contribution in [3.8, 4) is 0 Å². The summed E-state index contributed by atoms with van der Waals surface area (Å²) in [7, 11) is 0. The minimum atomic E-state index is -1.41. The topological polar surface area (TPSA) is 121 Å². The number of amides is 1. The molecule has 1 aromatic carbocycles. The number of halogens is 1. The molecular formula is C11H12ClNO5. The number of nitrogens with two attached hydrogens (primary N) is 1. The van der Waals surface area contributed by atoms with E-state index in [2.05, 4.69) is 0 Å². The van der Waals surface area contributed by atoms with Crippen molar-refractivity contribution >= 4 is 23.5 Å². The molecule has 0 saturated heterocycles. The van der Waals surface area contributed by atoms with Gasteiger partial charge in [0.2, 0.25) is 5.91 Å². The lowest BCUT2D eigenvalue weighted by molar-refractivity contribution is -0.121. The van der Waals surface area contributed by atoms with Crippen LogP contribution < -0.4 is 5.73 Å². The first-order valence-corrected chi connectivity index (χ1v) is 5.38. The van der Waals surface area contributed by atoms with E-state index in [1.54, 1.807) is 0 Å². The highest BCUT2D eigenvalue weighted by molar-refractivity contribution is 6.33. The SMILES string of the molecule is NC(=O)CC(O)C(O)c1ccc(Cl)c(C(=O)O)c1. The Hall–Kier alpha value is -1.63. The third-order valence-corrected chi connectivity index (χ3v) is 2.67. The number of aliphatic hydroxyl groups excluding tert-OH is 2. The highest BCUT2D eigenvalue weighted by Gasteiger charge is 2.22. The highest BCUT2D eigenvalue weighted by Crippen LogP contribution is 2.24. The molecule has 0 saturated carbocycles. The lowest BCUT2D eigenvalue weighted by atomic mass is 10.00. The Labute approximate surface area is 108 Å². The van der Waals surface area contributed by atoms with Crippen LogP contribution >= 0.6 is 11.6 Å². The normalized spacial score (nSPS) is 13.9. The number of carboxylic acids is 1. The van der Waals surface area contributed by atoms with E-state index >= 15 is 0 Å². The molecule has 5 N–H and O–H groups in total. The van der Waals surface area contributed by atoms with E-state index in [4.69, 9.17) is 22.4 Å². The van der Waals surface area contributed by atoms with Crippen molar-refractivity contribution in [2.75, 3.05) is 0 Å². The average Bonchev–Trinajstić information content (AvgIpc) is 2.27. The predicted octanol–water partition coefficient (Wildman–Crippen LogP) is 0.308. The molecule has 2 atom stereocenters. The van der Waals surface area contributed by atoms with E-state index in [1.165, 1.54) is 12.1 Å². The monoisotopic (exact) mass is 273 g/mol. The van der Waals surface area contributed by atoms with Crippen LogP contribution in [0.4, 0.5) is 0 Å². The summed E-state index contributed by atoms with van der Waals surface area (Å²) >= 11 is 5.66. The van der Waals surface area contributed by atoms with Crippen molar-refractivity contribution < 1.29 is 24.9 Å². The molecule has 1 amide bonds. The van der Waals surface area contributed by atoms with Gasteiger partial charge in [-0.1, -0.05) is 17.7 Å². The Morgan fingerprint density at radius 3 is 2.44 bits per heavy atom. The van der Waals surface area contributed by atoms with Crippen LogP contribution in [0.25, 0.3) is 0 Å². The van der Waals surface area contributed by atoms with Gasteiger partial charge in [0.1, 0.15) is 6.10 Å². The molecule has 6 nitrogen and oxygen atoms in total. The number of carboxylic acid groups (broad SMARTS) is 1. The van der Waals surface area contributed by atoms with Crippen LogP contribution in [0.2, 0.25) is 5.02 Å². The summed E-state index contributed by atoms with van der Waals surface area (Å²) in [6.07, 6.45) is -3.23. The van der Waals surface area contributed by atoms with Crippen molar-refractivity contribution in [1.29, 1.82) is 0 Å². The van der Waals surface area contributed by atoms with Gasteiger partial charge in [0.05, 0.1) is 23.1 Å². The van der Waals surface area contributed by atoms with Gasteiger partial charge in [-0.3, -0.25) is 4.79 Å². The number of hydrogen-bond donors (Lipinski definition) is 4. The number of carbonyl (C=O) groups is 2. The quantitative estimate of drug-likeness (QED) is 0.615. The summed E-state index contributed by atoms with van der Waals surface area (Å²) in [4.78, 5) is 21.5. The predicted molar refractivity (Wildman–Crippen MR) is 63.2 cm³/mol. The first kappa shape index (κ1) is 14.4. The second-order valence-electron chi connectivity index (χ2n) is 3.73. The minimum Gasteiger partial charge on any atom is -0.478 e. The van der Waals surface area contributed by atoms with Gasteiger partial charge in [0.15, 0.2) is 0 Å². The zero-order valence-corrected chi connectivity index (χ0v) is 9.96. The maximum absolute atomic E-state index is 10.8. The van der Waals surface area contributed by atoms with Crippen LogP contribution in [0.1, 0.15) is 28.4 Å². The van der Waals surface area contributed by atoms with E-state index < -0.39 is 30.5 Å². The van der Waals surface area contributed by atoms with Crippen molar-refractivity contribution in [3.63, 3.8) is 0 Å². The lowest BCUT2D eigenvalue weighted by Gasteiger charge is -2.17. The van der Waals surface area contributed by atoms with Crippen molar-refractivity contribution in [2.24, 2.45) is 5.73 Å². The Bertz CT molecular complexity index is 477. The van der Waals surface area contributed by atoms with Crippen LogP contribution in [-0.2, 0) is 4.79 Å². The van der Waals surface area contributed by atoms with E-state index in [0.717, 1.165) is 6.07 Å². The molecule has 0 bridgehead atoms. The summed E-state index contributed by atoms with van der Waals surface area (Å²) in [5.41, 5.74) is 4.84. The number of rotatable bonds is 5. The zero-order chi connectivity index (χ0) is 13.9. The van der Waals surface area contributed by atoms with Crippen LogP contribution in [0.3, 0.4) is 0 Å². The van der Waals surface area contributed by atoms with E-state index in [0.29, 0.717) is 0 Å². The molecule has 0 spiro atoms. The van der Waals surface area contributed by atoms with Crippen molar-refractivity contribution in [2.45, 2.75) is 18.6 Å². The summed E-state index contributed by atoms with van der Waals surface area (Å²) in [6.45, 7) is 0. The third-order valence-electron chi connectivity index (χ3n) is 2.34. The van der Waals surface area contributed by atoms with Crippen LogP contribution in [0.15, 0.2) is 18.2 Å². The van der Waals surface area contributed by atoms with Gasteiger partial charge in [0.25, 0.3) is 0 Å². The minimum absolute atomic E-state index is 0.0165. The van der Waals surface area contributed by atoms with Gasteiger partial charge in [0, 0.05) is 0 Å². The summed E-state index contributed by atoms with van der Waals surface area (Å²) in [5.74, 6) is -2.02. The van der Waals surface area contributed by atoms with Crippen LogP contribution in [-0.4, -0.2) is 33.3 Å². The molecule has 0 aliphatic carbocycles. The maximum atomic E-state index is 10.8. The van der Waals surface area contributed by atoms with Gasteiger partial charge in [-0.2, -0.15) is 0 Å². The number of aromatic carboxylic acids is 1. The fraction of sp³-hybridized carbons (Fsp3) is 0.273. The number of carbonyl (C=O) groups excluding carboxylic acids is 1.